The van der Waals surface area contributed by atoms with Gasteiger partial charge in [-0.25, -0.2) is 0 Å². The van der Waals surface area contributed by atoms with E-state index in [9.17, 15) is 0 Å². The molecule has 0 radical (unpaired) electrons. The van der Waals surface area contributed by atoms with Crippen LogP contribution in [0.3, 0.4) is 0 Å². The Morgan fingerprint density at radius 3 is 2.62 bits per heavy atom. The molecule has 1 unspecified atom stereocenters. The smallest absolute Gasteiger partial charge is 0.147 e. The number of benzene rings is 1. The van der Waals surface area contributed by atoms with Crippen LogP contribution in [0.1, 0.15) is 30.1 Å². The number of rotatable bonds is 5. The molecule has 3 nitrogen and oxygen atoms in total. The Labute approximate surface area is 96.5 Å². The fraction of sp³-hybridized carbons (Fsp3) is 0.538. The van der Waals surface area contributed by atoms with Crippen molar-refractivity contribution in [3.05, 3.63) is 35.4 Å². The Morgan fingerprint density at radius 1 is 1.19 bits per heavy atom. The molecule has 0 amide bonds. The predicted octanol–water partition coefficient (Wildman–Crippen LogP) is 2.01. The standard InChI is InChI=1S/C13H19NO2/c14-8-2-1-3-11-4-6-12(7-5-11)13-9-15-10-16-13/h4-7,13H,1-3,8-10,14H2. The average molecular weight is 221 g/mol. The summed E-state index contributed by atoms with van der Waals surface area (Å²) < 4.78 is 10.6. The molecule has 1 aliphatic heterocycles. The predicted molar refractivity (Wildman–Crippen MR) is 63.1 cm³/mol. The first-order valence-electron chi connectivity index (χ1n) is 5.88. The van der Waals surface area contributed by atoms with E-state index < -0.39 is 0 Å². The van der Waals surface area contributed by atoms with Crippen LogP contribution >= 0.6 is 0 Å². The normalized spacial score (nSPS) is 20.2. The summed E-state index contributed by atoms with van der Waals surface area (Å²) in [6.07, 6.45) is 3.50. The molecule has 1 aromatic rings. The number of aryl methyl sites for hydroxylation is 1. The van der Waals surface area contributed by atoms with Crippen molar-refractivity contribution in [2.24, 2.45) is 5.73 Å². The van der Waals surface area contributed by atoms with Gasteiger partial charge in [-0.15, -0.1) is 0 Å². The molecule has 1 aliphatic rings. The number of hydrogen-bond donors (Lipinski definition) is 1. The van der Waals surface area contributed by atoms with Crippen molar-refractivity contribution in [2.45, 2.75) is 25.4 Å². The fourth-order valence-electron chi connectivity index (χ4n) is 1.90. The van der Waals surface area contributed by atoms with Gasteiger partial charge < -0.3 is 15.2 Å². The molecule has 0 spiro atoms. The highest BCUT2D eigenvalue weighted by Crippen LogP contribution is 2.22. The highest BCUT2D eigenvalue weighted by molar-refractivity contribution is 5.24. The van der Waals surface area contributed by atoms with Crippen LogP contribution in [-0.4, -0.2) is 19.9 Å². The molecule has 88 valence electrons. The Balaban J connectivity index is 1.88. The van der Waals surface area contributed by atoms with Crippen LogP contribution in [0, 0.1) is 0 Å². The lowest BCUT2D eigenvalue weighted by Crippen LogP contribution is -2.00. The van der Waals surface area contributed by atoms with Crippen molar-refractivity contribution < 1.29 is 9.47 Å². The summed E-state index contributed by atoms with van der Waals surface area (Å²) in [4.78, 5) is 0. The SMILES string of the molecule is NCCCCc1ccc(C2COCO2)cc1. The molecule has 2 rings (SSSR count). The van der Waals surface area contributed by atoms with E-state index in [1.54, 1.807) is 0 Å². The van der Waals surface area contributed by atoms with E-state index in [-0.39, 0.29) is 6.10 Å². The van der Waals surface area contributed by atoms with Gasteiger partial charge in [-0.3, -0.25) is 0 Å². The monoisotopic (exact) mass is 221 g/mol. The number of nitrogens with two attached hydrogens (primary N) is 1. The molecule has 1 atom stereocenters. The summed E-state index contributed by atoms with van der Waals surface area (Å²) in [5.74, 6) is 0. The Morgan fingerprint density at radius 2 is 2.00 bits per heavy atom. The Hall–Kier alpha value is -0.900. The van der Waals surface area contributed by atoms with Gasteiger partial charge in [-0.1, -0.05) is 24.3 Å². The summed E-state index contributed by atoms with van der Waals surface area (Å²) in [5.41, 5.74) is 8.05. The lowest BCUT2D eigenvalue weighted by molar-refractivity contribution is 0.0466. The summed E-state index contributed by atoms with van der Waals surface area (Å²) >= 11 is 0. The van der Waals surface area contributed by atoms with Gasteiger partial charge in [0.05, 0.1) is 6.61 Å². The minimum Gasteiger partial charge on any atom is -0.352 e. The summed E-state index contributed by atoms with van der Waals surface area (Å²) in [6.45, 7) is 1.88. The van der Waals surface area contributed by atoms with E-state index in [0.717, 1.165) is 19.4 Å². The van der Waals surface area contributed by atoms with Gasteiger partial charge >= 0.3 is 0 Å². The first-order valence-corrected chi connectivity index (χ1v) is 5.88. The molecule has 1 aromatic carbocycles. The van der Waals surface area contributed by atoms with Crippen molar-refractivity contribution >= 4 is 0 Å². The zero-order chi connectivity index (χ0) is 11.2. The number of ether oxygens (including phenoxy) is 2. The van der Waals surface area contributed by atoms with Gasteiger partial charge in [0.1, 0.15) is 12.9 Å². The molecule has 0 bridgehead atoms. The maximum Gasteiger partial charge on any atom is 0.147 e. The minimum atomic E-state index is 0.123. The van der Waals surface area contributed by atoms with Gasteiger partial charge in [0, 0.05) is 0 Å². The van der Waals surface area contributed by atoms with Crippen LogP contribution in [0.5, 0.6) is 0 Å². The molecule has 3 heteroatoms. The number of unbranched alkanes of at least 4 members (excludes halogenated alkanes) is 1. The molecule has 1 heterocycles. The van der Waals surface area contributed by atoms with Gasteiger partial charge in [0.15, 0.2) is 0 Å². The topological polar surface area (TPSA) is 44.5 Å². The number of hydrogen-bond acceptors (Lipinski definition) is 3. The third kappa shape index (κ3) is 3.04. The second-order valence-corrected chi connectivity index (χ2v) is 4.13. The van der Waals surface area contributed by atoms with Crippen molar-refractivity contribution in [1.82, 2.24) is 0 Å². The molecule has 0 saturated carbocycles. The van der Waals surface area contributed by atoms with Crippen LogP contribution in [0.25, 0.3) is 0 Å². The van der Waals surface area contributed by atoms with E-state index in [1.165, 1.54) is 17.5 Å². The molecule has 0 aromatic heterocycles. The van der Waals surface area contributed by atoms with Crippen molar-refractivity contribution in [3.63, 3.8) is 0 Å². The molecule has 2 N–H and O–H groups in total. The molecular weight excluding hydrogens is 202 g/mol. The van der Waals surface area contributed by atoms with Gasteiger partial charge in [-0.05, 0) is 36.9 Å². The van der Waals surface area contributed by atoms with E-state index >= 15 is 0 Å². The average Bonchev–Trinajstić information content (AvgIpc) is 2.84. The van der Waals surface area contributed by atoms with Crippen LogP contribution in [-0.2, 0) is 15.9 Å². The van der Waals surface area contributed by atoms with E-state index in [1.807, 2.05) is 0 Å². The lowest BCUT2D eigenvalue weighted by Gasteiger charge is -2.08. The van der Waals surface area contributed by atoms with Crippen LogP contribution in [0.2, 0.25) is 0 Å². The molecule has 0 aliphatic carbocycles. The molecule has 1 fully saturated rings. The third-order valence-corrected chi connectivity index (χ3v) is 2.89. The Bertz CT molecular complexity index is 304. The second kappa shape index (κ2) is 5.99. The Kier molecular flexibility index (Phi) is 4.34. The maximum absolute atomic E-state index is 5.47. The van der Waals surface area contributed by atoms with Crippen LogP contribution in [0.4, 0.5) is 0 Å². The highest BCUT2D eigenvalue weighted by atomic mass is 16.7. The van der Waals surface area contributed by atoms with Crippen molar-refractivity contribution in [2.75, 3.05) is 19.9 Å². The van der Waals surface area contributed by atoms with Gasteiger partial charge in [-0.2, -0.15) is 0 Å². The molecule has 1 saturated heterocycles. The van der Waals surface area contributed by atoms with E-state index in [4.69, 9.17) is 15.2 Å². The second-order valence-electron chi connectivity index (χ2n) is 4.13. The summed E-state index contributed by atoms with van der Waals surface area (Å²) in [7, 11) is 0. The van der Waals surface area contributed by atoms with E-state index in [0.29, 0.717) is 13.4 Å². The molecular formula is C13H19NO2. The van der Waals surface area contributed by atoms with Crippen molar-refractivity contribution in [1.29, 1.82) is 0 Å². The zero-order valence-corrected chi connectivity index (χ0v) is 9.52. The van der Waals surface area contributed by atoms with Gasteiger partial charge in [0.2, 0.25) is 0 Å². The quantitative estimate of drug-likeness (QED) is 0.774. The molecule has 16 heavy (non-hydrogen) atoms. The largest absolute Gasteiger partial charge is 0.352 e. The van der Waals surface area contributed by atoms with Gasteiger partial charge in [0.25, 0.3) is 0 Å². The lowest BCUT2D eigenvalue weighted by atomic mass is 10.0. The van der Waals surface area contributed by atoms with E-state index in [2.05, 4.69) is 24.3 Å². The first kappa shape index (κ1) is 11.6. The third-order valence-electron chi connectivity index (χ3n) is 2.89. The van der Waals surface area contributed by atoms with Crippen LogP contribution in [0.15, 0.2) is 24.3 Å². The first-order chi connectivity index (χ1) is 7.90. The highest BCUT2D eigenvalue weighted by Gasteiger charge is 2.17. The maximum atomic E-state index is 5.47. The summed E-state index contributed by atoms with van der Waals surface area (Å²) in [5, 5.41) is 0. The zero-order valence-electron chi connectivity index (χ0n) is 9.52. The van der Waals surface area contributed by atoms with Crippen molar-refractivity contribution in [3.8, 4) is 0 Å². The fourth-order valence-corrected chi connectivity index (χ4v) is 1.90. The summed E-state index contributed by atoms with van der Waals surface area (Å²) in [6, 6.07) is 8.62. The van der Waals surface area contributed by atoms with Crippen LogP contribution < -0.4 is 5.73 Å². The minimum absolute atomic E-state index is 0.123.